The molecule has 0 unspecified atom stereocenters. The summed E-state index contributed by atoms with van der Waals surface area (Å²) in [5.41, 5.74) is 0.386. The predicted molar refractivity (Wildman–Crippen MR) is 75.6 cm³/mol. The Morgan fingerprint density at radius 2 is 1.95 bits per heavy atom. The Kier molecular flexibility index (Phi) is 4.19. The molecule has 0 spiro atoms. The lowest BCUT2D eigenvalue weighted by Crippen LogP contribution is -2.36. The molecule has 114 valence electrons. The first-order valence-corrected chi connectivity index (χ1v) is 7.58. The molecule has 1 amide bonds. The van der Waals surface area contributed by atoms with Crippen molar-refractivity contribution >= 4 is 5.91 Å². The fourth-order valence-electron chi connectivity index (χ4n) is 2.84. The average molecular weight is 294 g/mol. The van der Waals surface area contributed by atoms with E-state index in [2.05, 4.69) is 4.90 Å². The third-order valence-electron chi connectivity index (χ3n) is 4.23. The first-order chi connectivity index (χ1) is 10.1. The number of hydrogen-bond donors (Lipinski definition) is 0. The van der Waals surface area contributed by atoms with Crippen LogP contribution in [0.1, 0.15) is 24.8 Å². The van der Waals surface area contributed by atoms with E-state index in [1.54, 1.807) is 0 Å². The van der Waals surface area contributed by atoms with Gasteiger partial charge in [-0.05, 0) is 37.5 Å². The van der Waals surface area contributed by atoms with Crippen LogP contribution in [0, 0.1) is 17.6 Å². The minimum Gasteiger partial charge on any atom is -0.341 e. The van der Waals surface area contributed by atoms with Crippen LogP contribution >= 0.6 is 0 Å². The van der Waals surface area contributed by atoms with Crippen LogP contribution in [0.15, 0.2) is 18.2 Å². The van der Waals surface area contributed by atoms with Gasteiger partial charge in [-0.2, -0.15) is 0 Å². The zero-order valence-corrected chi connectivity index (χ0v) is 12.0. The summed E-state index contributed by atoms with van der Waals surface area (Å²) in [5, 5.41) is 0. The number of amides is 1. The molecule has 3 nitrogen and oxygen atoms in total. The minimum absolute atomic E-state index is 0.247. The highest BCUT2D eigenvalue weighted by molar-refractivity contribution is 5.81. The first kappa shape index (κ1) is 14.4. The summed E-state index contributed by atoms with van der Waals surface area (Å²) < 4.78 is 26.9. The van der Waals surface area contributed by atoms with Crippen LogP contribution < -0.4 is 0 Å². The maximum atomic E-state index is 13.7. The van der Waals surface area contributed by atoms with Gasteiger partial charge in [0.2, 0.25) is 5.91 Å². The normalized spacial score (nSPS) is 20.4. The Morgan fingerprint density at radius 1 is 1.14 bits per heavy atom. The van der Waals surface area contributed by atoms with Gasteiger partial charge in [-0.25, -0.2) is 8.78 Å². The van der Waals surface area contributed by atoms with Gasteiger partial charge in [0.05, 0.1) is 0 Å². The number of benzene rings is 1. The van der Waals surface area contributed by atoms with Crippen molar-refractivity contribution in [2.24, 2.45) is 5.92 Å². The van der Waals surface area contributed by atoms with Crippen LogP contribution in [-0.4, -0.2) is 41.9 Å². The summed E-state index contributed by atoms with van der Waals surface area (Å²) >= 11 is 0. The summed E-state index contributed by atoms with van der Waals surface area (Å²) in [6.07, 6.45) is 2.93. The van der Waals surface area contributed by atoms with Crippen LogP contribution in [0.3, 0.4) is 0 Å². The number of carbonyl (C=O) groups excluding carboxylic acids is 1. The van der Waals surface area contributed by atoms with Crippen molar-refractivity contribution in [1.29, 1.82) is 0 Å². The molecule has 0 bridgehead atoms. The molecule has 21 heavy (non-hydrogen) atoms. The molecule has 1 aliphatic heterocycles. The van der Waals surface area contributed by atoms with Crippen molar-refractivity contribution in [3.8, 4) is 0 Å². The number of halogens is 2. The minimum atomic E-state index is -0.410. The Balaban J connectivity index is 1.59. The fraction of sp³-hybridized carbons (Fsp3) is 0.562. The summed E-state index contributed by atoms with van der Waals surface area (Å²) in [6.45, 7) is 3.39. The van der Waals surface area contributed by atoms with Crippen LogP contribution in [0.25, 0.3) is 0 Å². The van der Waals surface area contributed by atoms with Crippen molar-refractivity contribution in [3.05, 3.63) is 35.4 Å². The van der Waals surface area contributed by atoms with E-state index in [0.717, 1.165) is 38.4 Å². The van der Waals surface area contributed by atoms with Crippen molar-refractivity contribution in [1.82, 2.24) is 9.80 Å². The molecule has 1 aromatic carbocycles. The molecule has 0 N–H and O–H groups in total. The highest BCUT2D eigenvalue weighted by atomic mass is 19.1. The predicted octanol–water partition coefficient (Wildman–Crippen LogP) is 2.41. The van der Waals surface area contributed by atoms with E-state index < -0.39 is 5.82 Å². The largest absolute Gasteiger partial charge is 0.341 e. The molecule has 5 heteroatoms. The molecule has 0 atom stereocenters. The van der Waals surface area contributed by atoms with Gasteiger partial charge in [0.15, 0.2) is 0 Å². The SMILES string of the molecule is O=C(C1CC1)N1CCCN(Cc2cc(F)ccc2F)CC1. The highest BCUT2D eigenvalue weighted by Gasteiger charge is 2.33. The fourth-order valence-corrected chi connectivity index (χ4v) is 2.84. The van der Waals surface area contributed by atoms with Crippen molar-refractivity contribution in [2.45, 2.75) is 25.8 Å². The maximum absolute atomic E-state index is 13.7. The maximum Gasteiger partial charge on any atom is 0.225 e. The van der Waals surface area contributed by atoms with Crippen molar-refractivity contribution in [3.63, 3.8) is 0 Å². The molecule has 1 aromatic rings. The molecular weight excluding hydrogens is 274 g/mol. The molecule has 2 fully saturated rings. The average Bonchev–Trinajstić information content (AvgIpc) is 3.29. The Morgan fingerprint density at radius 3 is 2.71 bits per heavy atom. The van der Waals surface area contributed by atoms with Gasteiger partial charge in [-0.3, -0.25) is 9.69 Å². The van der Waals surface area contributed by atoms with E-state index in [1.165, 1.54) is 12.1 Å². The monoisotopic (exact) mass is 294 g/mol. The van der Waals surface area contributed by atoms with E-state index in [9.17, 15) is 13.6 Å². The van der Waals surface area contributed by atoms with Gasteiger partial charge in [-0.1, -0.05) is 0 Å². The molecule has 1 saturated heterocycles. The van der Waals surface area contributed by atoms with E-state index in [4.69, 9.17) is 0 Å². The van der Waals surface area contributed by atoms with Crippen molar-refractivity contribution < 1.29 is 13.6 Å². The number of rotatable bonds is 3. The first-order valence-electron chi connectivity index (χ1n) is 7.58. The molecule has 0 radical (unpaired) electrons. The molecule has 1 aliphatic carbocycles. The van der Waals surface area contributed by atoms with E-state index in [-0.39, 0.29) is 17.6 Å². The van der Waals surface area contributed by atoms with Crippen molar-refractivity contribution in [2.75, 3.05) is 26.2 Å². The summed E-state index contributed by atoms with van der Waals surface area (Å²) in [7, 11) is 0. The zero-order chi connectivity index (χ0) is 14.8. The van der Waals surface area contributed by atoms with Gasteiger partial charge in [0.1, 0.15) is 11.6 Å². The van der Waals surface area contributed by atoms with Crippen LogP contribution in [0.4, 0.5) is 8.78 Å². The standard InChI is InChI=1S/C16H20F2N2O/c17-14-4-5-15(18)13(10-14)11-19-6-1-7-20(9-8-19)16(21)12-2-3-12/h4-5,10,12H,1-3,6-9,11H2. The van der Waals surface area contributed by atoms with Gasteiger partial charge >= 0.3 is 0 Å². The Labute approximate surface area is 123 Å². The number of carbonyl (C=O) groups is 1. The molecule has 1 saturated carbocycles. The second-order valence-corrected chi connectivity index (χ2v) is 5.96. The number of hydrogen-bond acceptors (Lipinski definition) is 2. The second kappa shape index (κ2) is 6.10. The van der Waals surface area contributed by atoms with E-state index >= 15 is 0 Å². The lowest BCUT2D eigenvalue weighted by molar-refractivity contribution is -0.132. The molecule has 0 aromatic heterocycles. The quantitative estimate of drug-likeness (QED) is 0.854. The van der Waals surface area contributed by atoms with Crippen LogP contribution in [-0.2, 0) is 11.3 Å². The van der Waals surface area contributed by atoms with Gasteiger partial charge in [0, 0.05) is 44.2 Å². The third-order valence-corrected chi connectivity index (χ3v) is 4.23. The second-order valence-electron chi connectivity index (χ2n) is 5.96. The lowest BCUT2D eigenvalue weighted by atomic mass is 10.2. The van der Waals surface area contributed by atoms with Gasteiger partial charge in [-0.15, -0.1) is 0 Å². The Bertz CT molecular complexity index is 531. The van der Waals surface area contributed by atoms with Gasteiger partial charge in [0.25, 0.3) is 0 Å². The summed E-state index contributed by atoms with van der Waals surface area (Å²) in [4.78, 5) is 16.1. The molecule has 2 aliphatic rings. The highest BCUT2D eigenvalue weighted by Crippen LogP contribution is 2.31. The zero-order valence-electron chi connectivity index (χ0n) is 12.0. The number of nitrogens with zero attached hydrogens (tertiary/aromatic N) is 2. The van der Waals surface area contributed by atoms with Crippen LogP contribution in [0.2, 0.25) is 0 Å². The Hall–Kier alpha value is -1.49. The molecule has 3 rings (SSSR count). The lowest BCUT2D eigenvalue weighted by Gasteiger charge is -2.22. The van der Waals surface area contributed by atoms with Crippen LogP contribution in [0.5, 0.6) is 0 Å². The van der Waals surface area contributed by atoms with E-state index in [1.807, 2.05) is 4.90 Å². The topological polar surface area (TPSA) is 23.6 Å². The smallest absolute Gasteiger partial charge is 0.225 e. The molecule has 1 heterocycles. The van der Waals surface area contributed by atoms with Gasteiger partial charge < -0.3 is 4.90 Å². The summed E-state index contributed by atoms with van der Waals surface area (Å²) in [5.74, 6) is -0.260. The molecular formula is C16H20F2N2O. The third kappa shape index (κ3) is 3.59. The summed E-state index contributed by atoms with van der Waals surface area (Å²) in [6, 6.07) is 3.57. The van der Waals surface area contributed by atoms with E-state index in [0.29, 0.717) is 25.2 Å².